The number of carboxylic acid groups (broad SMARTS) is 1. The molecule has 1 atom stereocenters. The van der Waals surface area contributed by atoms with Crippen LogP contribution in [0.2, 0.25) is 0 Å². The molecule has 0 radical (unpaired) electrons. The first-order valence-corrected chi connectivity index (χ1v) is 5.09. The topological polar surface area (TPSA) is 55.8 Å². The highest BCUT2D eigenvalue weighted by atomic mass is 16.7. The SMILES string of the molecule is CC(C)(C)[C@H]1Oc2cccc(C(=O)O)c2O1. The van der Waals surface area contributed by atoms with Gasteiger partial charge in [0, 0.05) is 5.41 Å². The monoisotopic (exact) mass is 222 g/mol. The fourth-order valence-electron chi connectivity index (χ4n) is 1.50. The van der Waals surface area contributed by atoms with Crippen molar-refractivity contribution in [2.75, 3.05) is 0 Å². The molecule has 1 N–H and O–H groups in total. The summed E-state index contributed by atoms with van der Waals surface area (Å²) in [7, 11) is 0. The number of hydrogen-bond donors (Lipinski definition) is 1. The van der Waals surface area contributed by atoms with E-state index in [0.717, 1.165) is 0 Å². The molecule has 4 nitrogen and oxygen atoms in total. The van der Waals surface area contributed by atoms with Gasteiger partial charge in [0.2, 0.25) is 6.29 Å². The summed E-state index contributed by atoms with van der Waals surface area (Å²) in [5.74, 6) is -0.176. The van der Waals surface area contributed by atoms with Crippen LogP contribution in [0, 0.1) is 5.41 Å². The van der Waals surface area contributed by atoms with Crippen molar-refractivity contribution in [3.63, 3.8) is 0 Å². The number of carbonyl (C=O) groups is 1. The number of aromatic carboxylic acids is 1. The predicted molar refractivity (Wildman–Crippen MR) is 57.9 cm³/mol. The van der Waals surface area contributed by atoms with Gasteiger partial charge in [0.25, 0.3) is 0 Å². The van der Waals surface area contributed by atoms with Gasteiger partial charge >= 0.3 is 5.97 Å². The third kappa shape index (κ3) is 1.71. The Morgan fingerprint density at radius 2 is 2.00 bits per heavy atom. The average molecular weight is 222 g/mol. The van der Waals surface area contributed by atoms with Gasteiger partial charge in [-0.15, -0.1) is 0 Å². The maximum atomic E-state index is 11.0. The van der Waals surface area contributed by atoms with Gasteiger partial charge in [-0.2, -0.15) is 0 Å². The second-order valence-corrected chi connectivity index (χ2v) is 4.87. The lowest BCUT2D eigenvalue weighted by atomic mass is 9.96. The maximum Gasteiger partial charge on any atom is 0.339 e. The van der Waals surface area contributed by atoms with E-state index in [1.165, 1.54) is 6.07 Å². The molecule has 0 aromatic heterocycles. The molecule has 86 valence electrons. The number of fused-ring (bicyclic) bond motifs is 1. The van der Waals surface area contributed by atoms with Gasteiger partial charge in [0.05, 0.1) is 0 Å². The Labute approximate surface area is 93.8 Å². The minimum Gasteiger partial charge on any atom is -0.478 e. The van der Waals surface area contributed by atoms with E-state index in [1.807, 2.05) is 20.8 Å². The van der Waals surface area contributed by atoms with Crippen molar-refractivity contribution in [2.45, 2.75) is 27.1 Å². The third-order valence-corrected chi connectivity index (χ3v) is 2.38. The lowest BCUT2D eigenvalue weighted by molar-refractivity contribution is -0.0399. The minimum atomic E-state index is -1.00. The second-order valence-electron chi connectivity index (χ2n) is 4.87. The van der Waals surface area contributed by atoms with E-state index in [4.69, 9.17) is 14.6 Å². The molecule has 0 bridgehead atoms. The van der Waals surface area contributed by atoms with Crippen LogP contribution in [0.15, 0.2) is 18.2 Å². The van der Waals surface area contributed by atoms with E-state index in [0.29, 0.717) is 11.5 Å². The standard InChI is InChI=1S/C12H14O4/c1-12(2,3)11-15-8-6-4-5-7(10(13)14)9(8)16-11/h4-6,11H,1-3H3,(H,13,14)/t11-/m0/s1. The molecule has 1 aromatic carbocycles. The van der Waals surface area contributed by atoms with Crippen molar-refractivity contribution >= 4 is 5.97 Å². The van der Waals surface area contributed by atoms with Gasteiger partial charge in [-0.05, 0) is 12.1 Å². The van der Waals surface area contributed by atoms with E-state index in [9.17, 15) is 4.79 Å². The van der Waals surface area contributed by atoms with E-state index >= 15 is 0 Å². The Morgan fingerprint density at radius 1 is 1.31 bits per heavy atom. The number of para-hydroxylation sites is 1. The Balaban J connectivity index is 2.38. The molecular weight excluding hydrogens is 208 g/mol. The average Bonchev–Trinajstić information content (AvgIpc) is 2.59. The number of carboxylic acids is 1. The van der Waals surface area contributed by atoms with Crippen molar-refractivity contribution in [1.29, 1.82) is 0 Å². The van der Waals surface area contributed by atoms with Gasteiger partial charge in [0.1, 0.15) is 5.56 Å². The van der Waals surface area contributed by atoms with Crippen LogP contribution in [0.3, 0.4) is 0 Å². The molecular formula is C12H14O4. The highest BCUT2D eigenvalue weighted by Gasteiger charge is 2.36. The fraction of sp³-hybridized carbons (Fsp3) is 0.417. The van der Waals surface area contributed by atoms with Gasteiger partial charge in [-0.25, -0.2) is 4.79 Å². The summed E-state index contributed by atoms with van der Waals surface area (Å²) in [6.07, 6.45) is -0.442. The zero-order valence-electron chi connectivity index (χ0n) is 9.48. The highest BCUT2D eigenvalue weighted by Crippen LogP contribution is 2.42. The van der Waals surface area contributed by atoms with Crippen LogP contribution in [0.1, 0.15) is 31.1 Å². The predicted octanol–water partition coefficient (Wildman–Crippen LogP) is 2.53. The largest absolute Gasteiger partial charge is 0.478 e. The quantitative estimate of drug-likeness (QED) is 0.793. The Hall–Kier alpha value is -1.71. The first kappa shape index (κ1) is 10.8. The molecule has 1 aliphatic heterocycles. The molecule has 0 aliphatic carbocycles. The smallest absolute Gasteiger partial charge is 0.339 e. The number of rotatable bonds is 1. The van der Waals surface area contributed by atoms with Crippen molar-refractivity contribution in [3.8, 4) is 11.5 Å². The molecule has 0 saturated carbocycles. The lowest BCUT2D eigenvalue weighted by Crippen LogP contribution is -2.33. The van der Waals surface area contributed by atoms with Crippen molar-refractivity contribution in [1.82, 2.24) is 0 Å². The Morgan fingerprint density at radius 3 is 2.56 bits per heavy atom. The van der Waals surface area contributed by atoms with Gasteiger partial charge in [-0.3, -0.25) is 0 Å². The molecule has 16 heavy (non-hydrogen) atoms. The second kappa shape index (κ2) is 3.40. The summed E-state index contributed by atoms with van der Waals surface area (Å²) in [6.45, 7) is 5.93. The van der Waals surface area contributed by atoms with Gasteiger partial charge in [-0.1, -0.05) is 26.8 Å². The van der Waals surface area contributed by atoms with Crippen molar-refractivity contribution in [2.24, 2.45) is 5.41 Å². The number of hydrogen-bond acceptors (Lipinski definition) is 3. The van der Waals surface area contributed by atoms with Crippen LogP contribution in [0.5, 0.6) is 11.5 Å². The van der Waals surface area contributed by atoms with Crippen LogP contribution in [0.25, 0.3) is 0 Å². The Bertz CT molecular complexity index is 431. The summed E-state index contributed by atoms with van der Waals surface area (Å²) in [6, 6.07) is 4.87. The highest BCUT2D eigenvalue weighted by molar-refractivity contribution is 5.92. The molecule has 1 aliphatic rings. The molecule has 2 rings (SSSR count). The molecule has 0 unspecified atom stereocenters. The van der Waals surface area contributed by atoms with Gasteiger partial charge < -0.3 is 14.6 Å². The minimum absolute atomic E-state index is 0.143. The molecule has 0 fully saturated rings. The summed E-state index contributed by atoms with van der Waals surface area (Å²) < 4.78 is 11.1. The molecule has 4 heteroatoms. The molecule has 1 aromatic rings. The zero-order chi connectivity index (χ0) is 11.9. The molecule has 0 amide bonds. The van der Waals surface area contributed by atoms with Crippen molar-refractivity contribution in [3.05, 3.63) is 23.8 Å². The summed E-state index contributed by atoms with van der Waals surface area (Å²) >= 11 is 0. The van der Waals surface area contributed by atoms with E-state index in [2.05, 4.69) is 0 Å². The summed E-state index contributed by atoms with van der Waals surface area (Å²) in [5.41, 5.74) is -0.0568. The summed E-state index contributed by atoms with van der Waals surface area (Å²) in [5, 5.41) is 9.00. The van der Waals surface area contributed by atoms with Crippen LogP contribution in [-0.4, -0.2) is 17.4 Å². The normalized spacial score (nSPS) is 18.6. The van der Waals surface area contributed by atoms with Crippen LogP contribution in [0.4, 0.5) is 0 Å². The zero-order valence-corrected chi connectivity index (χ0v) is 9.48. The fourth-order valence-corrected chi connectivity index (χ4v) is 1.50. The van der Waals surface area contributed by atoms with E-state index in [1.54, 1.807) is 12.1 Å². The third-order valence-electron chi connectivity index (χ3n) is 2.38. The first-order chi connectivity index (χ1) is 7.39. The number of ether oxygens (including phenoxy) is 2. The van der Waals surface area contributed by atoms with Crippen LogP contribution in [-0.2, 0) is 0 Å². The lowest BCUT2D eigenvalue weighted by Gasteiger charge is -2.24. The first-order valence-electron chi connectivity index (χ1n) is 5.09. The molecule has 0 spiro atoms. The number of benzene rings is 1. The van der Waals surface area contributed by atoms with Crippen molar-refractivity contribution < 1.29 is 19.4 Å². The van der Waals surface area contributed by atoms with E-state index in [-0.39, 0.29) is 11.0 Å². The molecule has 0 saturated heterocycles. The van der Waals surface area contributed by atoms with Gasteiger partial charge in [0.15, 0.2) is 11.5 Å². The van der Waals surface area contributed by atoms with Crippen LogP contribution < -0.4 is 9.47 Å². The van der Waals surface area contributed by atoms with E-state index < -0.39 is 12.3 Å². The van der Waals surface area contributed by atoms with Crippen LogP contribution >= 0.6 is 0 Å². The Kier molecular flexibility index (Phi) is 2.30. The summed E-state index contributed by atoms with van der Waals surface area (Å²) in [4.78, 5) is 11.0. The maximum absolute atomic E-state index is 11.0. The molecule has 1 heterocycles.